The molecule has 0 aliphatic rings. The van der Waals surface area contributed by atoms with Crippen LogP contribution in [0.15, 0.2) is 48.5 Å². The zero-order valence-corrected chi connectivity index (χ0v) is 15.8. The SMILES string of the molecule is Cc1ccc(NC(=O)Nc2ccccc2)cc1NC(=O)CCCCCCN. The van der Waals surface area contributed by atoms with Crippen molar-refractivity contribution in [1.29, 1.82) is 0 Å². The van der Waals surface area contributed by atoms with Crippen molar-refractivity contribution in [3.8, 4) is 0 Å². The summed E-state index contributed by atoms with van der Waals surface area (Å²) in [4.78, 5) is 24.2. The summed E-state index contributed by atoms with van der Waals surface area (Å²) >= 11 is 0. The first kappa shape index (κ1) is 20.5. The Hall–Kier alpha value is -2.86. The summed E-state index contributed by atoms with van der Waals surface area (Å²) in [5.74, 6) is -0.0169. The van der Waals surface area contributed by atoms with Gasteiger partial charge in [-0.3, -0.25) is 4.79 Å². The van der Waals surface area contributed by atoms with Crippen LogP contribution in [0.5, 0.6) is 0 Å². The van der Waals surface area contributed by atoms with Gasteiger partial charge in [-0.25, -0.2) is 4.79 Å². The topological polar surface area (TPSA) is 96.2 Å². The van der Waals surface area contributed by atoms with Gasteiger partial charge in [0.25, 0.3) is 0 Å². The van der Waals surface area contributed by atoms with Crippen LogP contribution in [0.1, 0.15) is 37.7 Å². The van der Waals surface area contributed by atoms with Crippen molar-refractivity contribution in [1.82, 2.24) is 0 Å². The number of unbranched alkanes of at least 4 members (excludes halogenated alkanes) is 3. The monoisotopic (exact) mass is 368 g/mol. The van der Waals surface area contributed by atoms with Gasteiger partial charge in [0.2, 0.25) is 5.91 Å². The normalized spacial score (nSPS) is 10.3. The summed E-state index contributed by atoms with van der Waals surface area (Å²) in [5.41, 5.74) is 8.45. The number of nitrogens with one attached hydrogen (secondary N) is 3. The highest BCUT2D eigenvalue weighted by molar-refractivity contribution is 6.00. The molecule has 144 valence electrons. The molecule has 3 amide bonds. The lowest BCUT2D eigenvalue weighted by molar-refractivity contribution is -0.116. The highest BCUT2D eigenvalue weighted by Crippen LogP contribution is 2.21. The van der Waals surface area contributed by atoms with Gasteiger partial charge in [-0.05, 0) is 56.1 Å². The molecule has 0 unspecified atom stereocenters. The number of carbonyl (C=O) groups is 2. The lowest BCUT2D eigenvalue weighted by Gasteiger charge is -2.12. The molecule has 2 rings (SSSR count). The smallest absolute Gasteiger partial charge is 0.323 e. The van der Waals surface area contributed by atoms with Gasteiger partial charge in [0.05, 0.1) is 0 Å². The van der Waals surface area contributed by atoms with Crippen molar-refractivity contribution < 1.29 is 9.59 Å². The Bertz CT molecular complexity index is 747. The number of hydrogen-bond acceptors (Lipinski definition) is 3. The zero-order chi connectivity index (χ0) is 19.5. The van der Waals surface area contributed by atoms with E-state index in [9.17, 15) is 9.59 Å². The molecule has 0 heterocycles. The molecule has 0 aliphatic carbocycles. The minimum atomic E-state index is -0.331. The molecule has 6 nitrogen and oxygen atoms in total. The van der Waals surface area contributed by atoms with E-state index in [1.807, 2.05) is 49.4 Å². The second kappa shape index (κ2) is 11.0. The molecule has 0 radical (unpaired) electrons. The van der Waals surface area contributed by atoms with Crippen LogP contribution in [0.4, 0.5) is 21.9 Å². The van der Waals surface area contributed by atoms with Crippen LogP contribution >= 0.6 is 0 Å². The van der Waals surface area contributed by atoms with Crippen molar-refractivity contribution in [2.45, 2.75) is 39.0 Å². The van der Waals surface area contributed by atoms with Crippen molar-refractivity contribution in [3.63, 3.8) is 0 Å². The minimum absolute atomic E-state index is 0.0169. The number of anilines is 3. The number of amides is 3. The van der Waals surface area contributed by atoms with Crippen LogP contribution in [-0.4, -0.2) is 18.5 Å². The van der Waals surface area contributed by atoms with E-state index < -0.39 is 0 Å². The lowest BCUT2D eigenvalue weighted by atomic mass is 10.1. The summed E-state index contributed by atoms with van der Waals surface area (Å²) < 4.78 is 0. The third kappa shape index (κ3) is 7.50. The van der Waals surface area contributed by atoms with E-state index in [0.717, 1.165) is 31.2 Å². The molecule has 0 fully saturated rings. The molecule has 0 aromatic heterocycles. The molecular weight excluding hydrogens is 340 g/mol. The second-order valence-corrected chi connectivity index (χ2v) is 6.48. The van der Waals surface area contributed by atoms with E-state index in [4.69, 9.17) is 5.73 Å². The predicted molar refractivity (Wildman–Crippen MR) is 111 cm³/mol. The highest BCUT2D eigenvalue weighted by Gasteiger charge is 2.08. The number of rotatable bonds is 9. The average molecular weight is 368 g/mol. The Kier molecular flexibility index (Phi) is 8.32. The van der Waals surface area contributed by atoms with Gasteiger partial charge in [0.1, 0.15) is 0 Å². The van der Waals surface area contributed by atoms with Gasteiger partial charge in [-0.15, -0.1) is 0 Å². The van der Waals surface area contributed by atoms with Gasteiger partial charge in [0.15, 0.2) is 0 Å². The Morgan fingerprint density at radius 2 is 1.56 bits per heavy atom. The maximum absolute atomic E-state index is 12.1. The van der Waals surface area contributed by atoms with Gasteiger partial charge in [-0.1, -0.05) is 37.1 Å². The fourth-order valence-electron chi connectivity index (χ4n) is 2.65. The summed E-state index contributed by atoms with van der Waals surface area (Å²) in [6.45, 7) is 2.62. The molecule has 5 N–H and O–H groups in total. The molecule has 2 aromatic carbocycles. The van der Waals surface area contributed by atoms with Crippen molar-refractivity contribution in [2.75, 3.05) is 22.5 Å². The van der Waals surface area contributed by atoms with E-state index in [2.05, 4.69) is 16.0 Å². The molecule has 0 atom stereocenters. The molecule has 0 saturated carbocycles. The molecule has 2 aromatic rings. The van der Waals surface area contributed by atoms with Crippen molar-refractivity contribution >= 4 is 29.0 Å². The Labute approximate surface area is 160 Å². The summed E-state index contributed by atoms with van der Waals surface area (Å²) in [6.07, 6.45) is 4.39. The van der Waals surface area contributed by atoms with E-state index in [0.29, 0.717) is 30.0 Å². The summed E-state index contributed by atoms with van der Waals surface area (Å²) in [6, 6.07) is 14.3. The van der Waals surface area contributed by atoms with Crippen LogP contribution in [0, 0.1) is 6.92 Å². The zero-order valence-electron chi connectivity index (χ0n) is 15.8. The van der Waals surface area contributed by atoms with Crippen LogP contribution in [0.25, 0.3) is 0 Å². The minimum Gasteiger partial charge on any atom is -0.330 e. The third-order valence-electron chi connectivity index (χ3n) is 4.16. The first-order valence-corrected chi connectivity index (χ1v) is 9.32. The average Bonchev–Trinajstić information content (AvgIpc) is 2.65. The van der Waals surface area contributed by atoms with Gasteiger partial charge in [0, 0.05) is 23.5 Å². The summed E-state index contributed by atoms with van der Waals surface area (Å²) in [7, 11) is 0. The lowest BCUT2D eigenvalue weighted by Crippen LogP contribution is -2.19. The number of nitrogens with two attached hydrogens (primary N) is 1. The first-order chi connectivity index (χ1) is 13.1. The molecule has 27 heavy (non-hydrogen) atoms. The molecule has 0 bridgehead atoms. The van der Waals surface area contributed by atoms with E-state index in [1.165, 1.54) is 0 Å². The summed E-state index contributed by atoms with van der Waals surface area (Å²) in [5, 5.41) is 8.48. The van der Waals surface area contributed by atoms with Crippen LogP contribution in [0.2, 0.25) is 0 Å². The first-order valence-electron chi connectivity index (χ1n) is 9.32. The Morgan fingerprint density at radius 3 is 2.30 bits per heavy atom. The highest BCUT2D eigenvalue weighted by atomic mass is 16.2. The molecule has 6 heteroatoms. The molecular formula is C21H28N4O2. The quantitative estimate of drug-likeness (QED) is 0.491. The Balaban J connectivity index is 1.87. The standard InChI is InChI=1S/C21H28N4O2/c1-16-12-13-18(24-21(27)23-17-9-5-4-6-10-17)15-19(16)25-20(26)11-7-2-3-8-14-22/h4-6,9-10,12-13,15H,2-3,7-8,11,14,22H2,1H3,(H,25,26)(H2,23,24,27). The number of carbonyl (C=O) groups excluding carboxylic acids is 2. The van der Waals surface area contributed by atoms with Gasteiger partial charge >= 0.3 is 6.03 Å². The molecule has 0 spiro atoms. The van der Waals surface area contributed by atoms with Crippen molar-refractivity contribution in [2.24, 2.45) is 5.73 Å². The van der Waals surface area contributed by atoms with Crippen LogP contribution in [-0.2, 0) is 4.79 Å². The number of para-hydroxylation sites is 1. The fraction of sp³-hybridized carbons (Fsp3) is 0.333. The van der Waals surface area contributed by atoms with Crippen LogP contribution in [0.3, 0.4) is 0 Å². The van der Waals surface area contributed by atoms with Crippen LogP contribution < -0.4 is 21.7 Å². The van der Waals surface area contributed by atoms with E-state index >= 15 is 0 Å². The van der Waals surface area contributed by atoms with E-state index in [1.54, 1.807) is 6.07 Å². The predicted octanol–water partition coefficient (Wildman–Crippen LogP) is 4.49. The second-order valence-electron chi connectivity index (χ2n) is 6.48. The van der Waals surface area contributed by atoms with Gasteiger partial charge < -0.3 is 21.7 Å². The Morgan fingerprint density at radius 1 is 0.852 bits per heavy atom. The maximum atomic E-state index is 12.1. The number of aryl methyl sites for hydroxylation is 1. The number of benzene rings is 2. The maximum Gasteiger partial charge on any atom is 0.323 e. The fourth-order valence-corrected chi connectivity index (χ4v) is 2.65. The van der Waals surface area contributed by atoms with E-state index in [-0.39, 0.29) is 11.9 Å². The molecule has 0 aliphatic heterocycles. The number of urea groups is 1. The number of hydrogen-bond donors (Lipinski definition) is 4. The largest absolute Gasteiger partial charge is 0.330 e. The molecule has 0 saturated heterocycles. The van der Waals surface area contributed by atoms with Crippen molar-refractivity contribution in [3.05, 3.63) is 54.1 Å². The third-order valence-corrected chi connectivity index (χ3v) is 4.16. The van der Waals surface area contributed by atoms with Gasteiger partial charge in [-0.2, -0.15) is 0 Å².